The first-order valence-electron chi connectivity index (χ1n) is 8.61. The lowest BCUT2D eigenvalue weighted by Gasteiger charge is -2.22. The minimum Gasteiger partial charge on any atom is -0.358 e. The number of halogens is 1. The number of aryl methyl sites for hydroxylation is 3. The number of hydrogen-bond acceptors (Lipinski definition) is 2. The zero-order chi connectivity index (χ0) is 19.2. The second-order valence-electron chi connectivity index (χ2n) is 7.83. The summed E-state index contributed by atoms with van der Waals surface area (Å²) in [6, 6.07) is 5.71. The third-order valence-corrected chi connectivity index (χ3v) is 5.02. The van der Waals surface area contributed by atoms with Gasteiger partial charge in [0.1, 0.15) is 0 Å². The van der Waals surface area contributed by atoms with Crippen LogP contribution in [0.5, 0.6) is 0 Å². The number of aromatic nitrogens is 3. The van der Waals surface area contributed by atoms with Crippen molar-refractivity contribution in [3.63, 3.8) is 0 Å². The van der Waals surface area contributed by atoms with E-state index in [1.165, 1.54) is 0 Å². The largest absolute Gasteiger partial charge is 0.358 e. The Bertz CT molecular complexity index is 1040. The van der Waals surface area contributed by atoms with E-state index in [9.17, 15) is 4.79 Å². The van der Waals surface area contributed by atoms with Crippen LogP contribution in [0.3, 0.4) is 0 Å². The lowest BCUT2D eigenvalue weighted by Crippen LogP contribution is -2.13. The number of imidazole rings is 1. The number of aromatic amines is 1. The van der Waals surface area contributed by atoms with Gasteiger partial charge in [0.05, 0.1) is 23.8 Å². The van der Waals surface area contributed by atoms with Crippen molar-refractivity contribution < 1.29 is 0 Å². The van der Waals surface area contributed by atoms with Crippen LogP contribution in [-0.2, 0) is 12.5 Å². The van der Waals surface area contributed by atoms with Crippen molar-refractivity contribution >= 4 is 11.6 Å². The third-order valence-electron chi connectivity index (χ3n) is 4.70. The molecule has 0 radical (unpaired) electrons. The predicted octanol–water partition coefficient (Wildman–Crippen LogP) is 5.01. The molecule has 3 rings (SSSR count). The second kappa shape index (κ2) is 6.44. The Kier molecular flexibility index (Phi) is 4.57. The van der Waals surface area contributed by atoms with Gasteiger partial charge in [0.2, 0.25) is 0 Å². The Balaban J connectivity index is 2.17. The number of pyridine rings is 1. The van der Waals surface area contributed by atoms with Crippen molar-refractivity contribution in [2.45, 2.75) is 40.0 Å². The number of nitrogens with zero attached hydrogens (tertiary/aromatic N) is 2. The van der Waals surface area contributed by atoms with Gasteiger partial charge in [0.25, 0.3) is 0 Å². The molecule has 1 aromatic carbocycles. The van der Waals surface area contributed by atoms with E-state index in [1.807, 2.05) is 31.5 Å². The number of rotatable bonds is 2. The fourth-order valence-corrected chi connectivity index (χ4v) is 3.74. The minimum atomic E-state index is -0.0346. The van der Waals surface area contributed by atoms with Crippen LogP contribution in [0, 0.1) is 13.8 Å². The molecule has 2 heterocycles. The molecule has 1 N–H and O–H groups in total. The summed E-state index contributed by atoms with van der Waals surface area (Å²) in [4.78, 5) is 20.3. The zero-order valence-electron chi connectivity index (χ0n) is 16.1. The van der Waals surface area contributed by atoms with E-state index in [0.29, 0.717) is 10.6 Å². The number of benzene rings is 1. The summed E-state index contributed by atoms with van der Waals surface area (Å²) in [5, 5.41) is 0.715. The Morgan fingerprint density at radius 2 is 1.85 bits per heavy atom. The summed E-state index contributed by atoms with van der Waals surface area (Å²) < 4.78 is 1.84. The maximum Gasteiger partial charge on any atom is 0.191 e. The van der Waals surface area contributed by atoms with Crippen molar-refractivity contribution in [2.75, 3.05) is 0 Å². The molecule has 0 saturated carbocycles. The van der Waals surface area contributed by atoms with Crippen LogP contribution in [-0.4, -0.2) is 14.5 Å². The fraction of sp³-hybridized carbons (Fsp3) is 0.333. The smallest absolute Gasteiger partial charge is 0.191 e. The van der Waals surface area contributed by atoms with Gasteiger partial charge >= 0.3 is 0 Å². The van der Waals surface area contributed by atoms with Crippen molar-refractivity contribution in [3.8, 4) is 22.5 Å². The number of nitrogens with one attached hydrogen (secondary N) is 1. The molecule has 0 unspecified atom stereocenters. The van der Waals surface area contributed by atoms with Crippen LogP contribution in [0.1, 0.15) is 37.6 Å². The quantitative estimate of drug-likeness (QED) is 0.690. The van der Waals surface area contributed by atoms with Crippen LogP contribution in [0.4, 0.5) is 0 Å². The summed E-state index contributed by atoms with van der Waals surface area (Å²) in [6.45, 7) is 10.4. The molecule has 0 saturated heterocycles. The average Bonchev–Trinajstić information content (AvgIpc) is 2.93. The standard InChI is InChI=1S/C21H24ClN3O/c1-12-7-15(21(3,4)5)16(22)8-14(12)17-9-19(26)20(13(2)24-17)18-10-23-11-25(18)6/h7-11H,1-6H3,(H,24,26). The molecule has 0 bridgehead atoms. The van der Waals surface area contributed by atoms with Gasteiger partial charge in [-0.05, 0) is 36.5 Å². The van der Waals surface area contributed by atoms with Gasteiger partial charge < -0.3 is 9.55 Å². The van der Waals surface area contributed by atoms with E-state index in [1.54, 1.807) is 18.6 Å². The Labute approximate surface area is 158 Å². The zero-order valence-corrected chi connectivity index (χ0v) is 16.8. The molecule has 4 nitrogen and oxygen atoms in total. The molecule has 0 aliphatic heterocycles. The summed E-state index contributed by atoms with van der Waals surface area (Å²) in [5.74, 6) is 0. The molecule has 0 amide bonds. The maximum atomic E-state index is 12.8. The molecule has 0 aliphatic rings. The molecule has 0 aliphatic carbocycles. The summed E-state index contributed by atoms with van der Waals surface area (Å²) in [7, 11) is 1.88. The van der Waals surface area contributed by atoms with Crippen LogP contribution in [0.15, 0.2) is 35.5 Å². The monoisotopic (exact) mass is 369 g/mol. The first kappa shape index (κ1) is 18.5. The highest BCUT2D eigenvalue weighted by molar-refractivity contribution is 6.31. The molecule has 2 aromatic heterocycles. The molecular formula is C21H24ClN3O. The van der Waals surface area contributed by atoms with Gasteiger partial charge in [-0.2, -0.15) is 0 Å². The topological polar surface area (TPSA) is 50.7 Å². The molecule has 26 heavy (non-hydrogen) atoms. The Morgan fingerprint density at radius 3 is 2.38 bits per heavy atom. The van der Waals surface area contributed by atoms with Crippen molar-refractivity contribution in [3.05, 3.63) is 62.8 Å². The Hall–Kier alpha value is -2.33. The van der Waals surface area contributed by atoms with Crippen molar-refractivity contribution in [1.29, 1.82) is 0 Å². The van der Waals surface area contributed by atoms with E-state index < -0.39 is 0 Å². The van der Waals surface area contributed by atoms with Gasteiger partial charge in [0, 0.05) is 35.1 Å². The first-order chi connectivity index (χ1) is 12.1. The van der Waals surface area contributed by atoms with Crippen molar-refractivity contribution in [2.24, 2.45) is 7.05 Å². The highest BCUT2D eigenvalue weighted by Crippen LogP contribution is 2.35. The average molecular weight is 370 g/mol. The molecule has 0 atom stereocenters. The number of hydrogen-bond donors (Lipinski definition) is 1. The fourth-order valence-electron chi connectivity index (χ4n) is 3.30. The molecule has 0 fully saturated rings. The summed E-state index contributed by atoms with van der Waals surface area (Å²) in [5.41, 5.74) is 6.10. The second-order valence-corrected chi connectivity index (χ2v) is 8.24. The van der Waals surface area contributed by atoms with Crippen LogP contribution in [0.25, 0.3) is 22.5 Å². The minimum absolute atomic E-state index is 0.0322. The third kappa shape index (κ3) is 3.21. The van der Waals surface area contributed by atoms with Crippen molar-refractivity contribution in [1.82, 2.24) is 14.5 Å². The predicted molar refractivity (Wildman–Crippen MR) is 108 cm³/mol. The molecular weight excluding hydrogens is 346 g/mol. The SMILES string of the molecule is Cc1cc(C(C)(C)C)c(Cl)cc1-c1cc(=O)c(-c2cncn2C)c(C)[nH]1. The van der Waals surface area contributed by atoms with E-state index in [0.717, 1.165) is 33.8 Å². The Morgan fingerprint density at radius 1 is 1.15 bits per heavy atom. The van der Waals surface area contributed by atoms with E-state index in [2.05, 4.69) is 36.8 Å². The van der Waals surface area contributed by atoms with Gasteiger partial charge in [0.15, 0.2) is 5.43 Å². The van der Waals surface area contributed by atoms with E-state index >= 15 is 0 Å². The van der Waals surface area contributed by atoms with Crippen LogP contribution >= 0.6 is 11.6 Å². The van der Waals surface area contributed by atoms with Crippen LogP contribution in [0.2, 0.25) is 5.02 Å². The highest BCUT2D eigenvalue weighted by Gasteiger charge is 2.20. The van der Waals surface area contributed by atoms with Gasteiger partial charge in [-0.1, -0.05) is 38.4 Å². The van der Waals surface area contributed by atoms with E-state index in [-0.39, 0.29) is 10.8 Å². The van der Waals surface area contributed by atoms with Gasteiger partial charge in [-0.25, -0.2) is 4.98 Å². The van der Waals surface area contributed by atoms with Gasteiger partial charge in [-0.15, -0.1) is 0 Å². The molecule has 5 heteroatoms. The first-order valence-corrected chi connectivity index (χ1v) is 8.99. The molecule has 0 spiro atoms. The maximum absolute atomic E-state index is 12.8. The summed E-state index contributed by atoms with van der Waals surface area (Å²) >= 11 is 6.55. The number of H-pyrrole nitrogens is 1. The van der Waals surface area contributed by atoms with Crippen LogP contribution < -0.4 is 5.43 Å². The van der Waals surface area contributed by atoms with Gasteiger partial charge in [-0.3, -0.25) is 4.79 Å². The van der Waals surface area contributed by atoms with E-state index in [4.69, 9.17) is 11.6 Å². The normalized spacial score (nSPS) is 11.8. The lowest BCUT2D eigenvalue weighted by molar-refractivity contribution is 0.590. The lowest BCUT2D eigenvalue weighted by atomic mass is 9.85. The molecule has 3 aromatic rings. The highest BCUT2D eigenvalue weighted by atomic mass is 35.5. The summed E-state index contributed by atoms with van der Waals surface area (Å²) in [6.07, 6.45) is 3.40. The molecule has 136 valence electrons.